The molecule has 1 aromatic heterocycles. The summed E-state index contributed by atoms with van der Waals surface area (Å²) in [4.78, 5) is 37.9. The van der Waals surface area contributed by atoms with Crippen molar-refractivity contribution in [1.82, 2.24) is 9.88 Å². The van der Waals surface area contributed by atoms with Crippen LogP contribution in [0, 0.1) is 11.3 Å². The van der Waals surface area contributed by atoms with E-state index in [9.17, 15) is 9.59 Å². The Balaban J connectivity index is 0.00000121. The Kier molecular flexibility index (Phi) is 9.38. The van der Waals surface area contributed by atoms with Crippen molar-refractivity contribution >= 4 is 41.1 Å². The monoisotopic (exact) mass is 506 g/mol. The third-order valence-electron chi connectivity index (χ3n) is 6.05. The summed E-state index contributed by atoms with van der Waals surface area (Å²) in [6, 6.07) is 7.13. The van der Waals surface area contributed by atoms with Gasteiger partial charge in [-0.15, -0.1) is 0 Å². The van der Waals surface area contributed by atoms with Gasteiger partial charge >= 0.3 is 6.03 Å². The highest BCUT2D eigenvalue weighted by atomic mass is 16.5. The van der Waals surface area contributed by atoms with E-state index >= 15 is 0 Å². The normalized spacial score (nSPS) is 15.2. The molecule has 2 aliphatic rings. The molecule has 1 saturated heterocycles. The predicted octanol–water partition coefficient (Wildman–Crippen LogP) is 5.91. The molecular weight excluding hydrogens is 468 g/mol. The zero-order chi connectivity index (χ0) is 27.1. The summed E-state index contributed by atoms with van der Waals surface area (Å²) in [5.41, 5.74) is 2.15. The van der Waals surface area contributed by atoms with Crippen LogP contribution in [0.15, 0.2) is 35.5 Å². The van der Waals surface area contributed by atoms with Crippen LogP contribution in [0.3, 0.4) is 0 Å². The molecule has 37 heavy (non-hydrogen) atoms. The van der Waals surface area contributed by atoms with E-state index in [-0.39, 0.29) is 29.6 Å². The summed E-state index contributed by atoms with van der Waals surface area (Å²) in [5, 5.41) is 11.5. The van der Waals surface area contributed by atoms with Gasteiger partial charge in [0, 0.05) is 43.5 Å². The molecule has 4 rings (SSSR count). The van der Waals surface area contributed by atoms with Crippen LogP contribution >= 0.6 is 0 Å². The molecule has 0 atom stereocenters. The summed E-state index contributed by atoms with van der Waals surface area (Å²) in [7, 11) is 1.53. The fourth-order valence-corrected chi connectivity index (χ4v) is 4.09. The second-order valence-electron chi connectivity index (χ2n) is 9.40. The predicted molar refractivity (Wildman–Crippen MR) is 149 cm³/mol. The topological polar surface area (TPSA) is 111 Å². The Bertz CT molecular complexity index is 1170. The average Bonchev–Trinajstić information content (AvgIpc) is 3.65. The lowest BCUT2D eigenvalue weighted by Gasteiger charge is -2.22. The highest BCUT2D eigenvalue weighted by Crippen LogP contribution is 2.38. The molecule has 0 bridgehead atoms. The number of Topliss-reactive ketones (excluding diaryl/α,β-unsaturated/α-hetero) is 1. The van der Waals surface area contributed by atoms with Crippen molar-refractivity contribution in [2.75, 3.05) is 30.4 Å². The number of aromatic nitrogens is 1. The van der Waals surface area contributed by atoms with Crippen molar-refractivity contribution in [3.8, 4) is 5.75 Å². The van der Waals surface area contributed by atoms with Crippen molar-refractivity contribution in [3.05, 3.63) is 41.6 Å². The summed E-state index contributed by atoms with van der Waals surface area (Å²) in [6.45, 7) is 11.1. The number of rotatable bonds is 8. The smallest absolute Gasteiger partial charge is 0.326 e. The maximum absolute atomic E-state index is 13.0. The van der Waals surface area contributed by atoms with Gasteiger partial charge in [-0.3, -0.25) is 15.1 Å². The van der Waals surface area contributed by atoms with Crippen LogP contribution in [0.25, 0.3) is 0 Å². The van der Waals surface area contributed by atoms with Crippen LogP contribution in [0.1, 0.15) is 69.8 Å². The molecule has 1 aliphatic heterocycles. The van der Waals surface area contributed by atoms with E-state index in [2.05, 4.69) is 29.1 Å². The number of anilines is 3. The Hall–Kier alpha value is -3.75. The van der Waals surface area contributed by atoms with Crippen molar-refractivity contribution in [1.29, 1.82) is 5.41 Å². The lowest BCUT2D eigenvalue weighted by molar-refractivity contribution is 0.0968. The fourth-order valence-electron chi connectivity index (χ4n) is 4.09. The minimum atomic E-state index is -0.0971. The van der Waals surface area contributed by atoms with Crippen LogP contribution in [-0.2, 0) is 0 Å². The van der Waals surface area contributed by atoms with Gasteiger partial charge in [-0.2, -0.15) is 0 Å². The summed E-state index contributed by atoms with van der Waals surface area (Å²) < 4.78 is 5.61. The molecule has 0 radical (unpaired) electrons. The molecule has 9 nitrogen and oxygen atoms in total. The fraction of sp³-hybridized carbons (Fsp3) is 0.464. The molecule has 198 valence electrons. The van der Waals surface area contributed by atoms with Crippen LogP contribution in [-0.4, -0.2) is 60.0 Å². The van der Waals surface area contributed by atoms with Gasteiger partial charge in [0.05, 0.1) is 29.6 Å². The molecule has 2 N–H and O–H groups in total. The number of benzene rings is 1. The highest BCUT2D eigenvalue weighted by molar-refractivity contribution is 6.07. The maximum Gasteiger partial charge on any atom is 0.326 e. The number of ketones is 1. The van der Waals surface area contributed by atoms with Crippen LogP contribution in [0.5, 0.6) is 5.75 Å². The lowest BCUT2D eigenvalue weighted by atomic mass is 10.1. The SMILES string of the molecule is CC=NC(=N)c1cccc(Nc2cc(N3CCN(C(C)C)C3=O)ncc2C(=O)C2CC2)c1OC.CCC. The quantitative estimate of drug-likeness (QED) is 0.263. The van der Waals surface area contributed by atoms with Gasteiger partial charge in [0.1, 0.15) is 5.82 Å². The van der Waals surface area contributed by atoms with Crippen molar-refractivity contribution < 1.29 is 14.3 Å². The zero-order valence-electron chi connectivity index (χ0n) is 22.7. The number of methoxy groups -OCH3 is 1. The first-order valence-corrected chi connectivity index (χ1v) is 12.9. The molecule has 2 amide bonds. The lowest BCUT2D eigenvalue weighted by Crippen LogP contribution is -2.36. The standard InChI is InChI=1S/C25H30N6O3.C3H8/c1-5-27-24(26)17-7-6-8-19(23(17)34-4)29-20-13-21(28-14-18(20)22(32)16-9-10-16)31-12-11-30(15(2)3)25(31)33;1-3-2/h5-8,13-16,26H,9-12H2,1-4H3,(H,28,29);3H2,1-2H3. The zero-order valence-corrected chi connectivity index (χ0v) is 22.7. The number of urea groups is 1. The number of hydrogen-bond acceptors (Lipinski definition) is 6. The number of nitrogens with zero attached hydrogens (tertiary/aromatic N) is 4. The minimum absolute atomic E-state index is 0.0124. The van der Waals surface area contributed by atoms with E-state index in [0.717, 1.165) is 12.8 Å². The van der Waals surface area contributed by atoms with Crippen LogP contribution < -0.4 is 15.0 Å². The first kappa shape index (κ1) is 27.8. The van der Waals surface area contributed by atoms with E-state index in [0.29, 0.717) is 47.2 Å². The van der Waals surface area contributed by atoms with Gasteiger partial charge in [0.25, 0.3) is 0 Å². The summed E-state index contributed by atoms with van der Waals surface area (Å²) >= 11 is 0. The van der Waals surface area contributed by atoms with Gasteiger partial charge in [0.2, 0.25) is 0 Å². The van der Waals surface area contributed by atoms with Crippen LogP contribution in [0.2, 0.25) is 0 Å². The van der Waals surface area contributed by atoms with E-state index < -0.39 is 0 Å². The number of para-hydroxylation sites is 1. The number of ether oxygens (including phenoxy) is 1. The molecule has 1 aliphatic carbocycles. The molecule has 1 saturated carbocycles. The number of carbonyl (C=O) groups excluding carboxylic acids is 2. The van der Waals surface area contributed by atoms with E-state index in [1.165, 1.54) is 13.5 Å². The second kappa shape index (κ2) is 12.5. The Morgan fingerprint density at radius 1 is 1.24 bits per heavy atom. The van der Waals surface area contributed by atoms with Gasteiger partial charge < -0.3 is 15.0 Å². The molecule has 9 heteroatoms. The Morgan fingerprint density at radius 3 is 2.51 bits per heavy atom. The van der Waals surface area contributed by atoms with Crippen molar-refractivity contribution in [3.63, 3.8) is 0 Å². The molecule has 2 heterocycles. The number of nitrogens with one attached hydrogen (secondary N) is 2. The highest BCUT2D eigenvalue weighted by Gasteiger charge is 2.35. The van der Waals surface area contributed by atoms with Crippen molar-refractivity contribution in [2.24, 2.45) is 10.9 Å². The molecule has 1 aromatic carbocycles. The number of amides is 2. The Morgan fingerprint density at radius 2 is 1.95 bits per heavy atom. The maximum atomic E-state index is 13.0. The largest absolute Gasteiger partial charge is 0.494 e. The number of hydrogen-bond donors (Lipinski definition) is 2. The Labute approximate surface area is 219 Å². The van der Waals surface area contributed by atoms with E-state index in [1.807, 2.05) is 19.9 Å². The molecule has 0 unspecified atom stereocenters. The third-order valence-corrected chi connectivity index (χ3v) is 6.05. The number of pyridine rings is 1. The minimum Gasteiger partial charge on any atom is -0.494 e. The van der Waals surface area contributed by atoms with Crippen molar-refractivity contribution in [2.45, 2.75) is 59.9 Å². The van der Waals surface area contributed by atoms with E-state index in [1.54, 1.807) is 47.3 Å². The molecule has 0 spiro atoms. The summed E-state index contributed by atoms with van der Waals surface area (Å²) in [5.74, 6) is 1.06. The molecular formula is C28H38N6O3. The first-order valence-electron chi connectivity index (χ1n) is 12.9. The molecule has 2 aromatic rings. The number of carbonyl (C=O) groups is 2. The molecule has 2 fully saturated rings. The van der Waals surface area contributed by atoms with Gasteiger partial charge in [-0.1, -0.05) is 26.3 Å². The van der Waals surface area contributed by atoms with Gasteiger partial charge in [-0.05, 0) is 45.7 Å². The number of aliphatic imine (C=N–C) groups is 1. The third kappa shape index (κ3) is 6.34. The van der Waals surface area contributed by atoms with E-state index in [4.69, 9.17) is 10.1 Å². The van der Waals surface area contributed by atoms with Gasteiger partial charge in [0.15, 0.2) is 17.4 Å². The average molecular weight is 507 g/mol. The van der Waals surface area contributed by atoms with Gasteiger partial charge in [-0.25, -0.2) is 14.8 Å². The number of amidine groups is 1. The first-order chi connectivity index (χ1) is 17.8. The second-order valence-corrected chi connectivity index (χ2v) is 9.40. The van der Waals surface area contributed by atoms with Crippen LogP contribution in [0.4, 0.5) is 22.0 Å². The summed E-state index contributed by atoms with van der Waals surface area (Å²) in [6.07, 6.45) is 6.11.